The van der Waals surface area contributed by atoms with Crippen molar-refractivity contribution in [2.24, 2.45) is 5.92 Å². The molecule has 2 saturated carbocycles. The third kappa shape index (κ3) is 4.41. The Morgan fingerprint density at radius 2 is 1.94 bits per heavy atom. The number of anilines is 1. The lowest BCUT2D eigenvalue weighted by atomic mass is 10.0. The zero-order valence-electron chi connectivity index (χ0n) is 20.4. The standard InChI is InChI=1S/C26H30FN5O3S/c1-26(2,27)14-30-36(34,35)23-12-18-17(20-13-28-21(11-19(20)23)15-3-4-15)7-8-22(18)32-24(9-10-29-32)31-25(33)16-5-6-16/h9-13,15-16,22,30H,3-8,14H2,1-2H3,(H,31,33). The Morgan fingerprint density at radius 1 is 1.17 bits per heavy atom. The maximum absolute atomic E-state index is 14.2. The van der Waals surface area contributed by atoms with Crippen molar-refractivity contribution in [3.05, 3.63) is 47.4 Å². The van der Waals surface area contributed by atoms with E-state index in [1.807, 2.05) is 6.07 Å². The molecule has 8 nitrogen and oxygen atoms in total. The second-order valence-corrected chi connectivity index (χ2v) is 12.6. The molecule has 1 unspecified atom stereocenters. The molecule has 2 N–H and O–H groups in total. The Hall–Kier alpha value is -2.85. The fourth-order valence-corrected chi connectivity index (χ4v) is 6.48. The lowest BCUT2D eigenvalue weighted by Gasteiger charge is -2.20. The predicted molar refractivity (Wildman–Crippen MR) is 134 cm³/mol. The van der Waals surface area contributed by atoms with Gasteiger partial charge in [-0.2, -0.15) is 5.10 Å². The summed E-state index contributed by atoms with van der Waals surface area (Å²) in [5.41, 5.74) is 1.10. The monoisotopic (exact) mass is 511 g/mol. The second kappa shape index (κ2) is 8.34. The van der Waals surface area contributed by atoms with Crippen molar-refractivity contribution in [1.82, 2.24) is 19.5 Å². The van der Waals surface area contributed by atoms with Crippen LogP contribution >= 0.6 is 0 Å². The summed E-state index contributed by atoms with van der Waals surface area (Å²) in [7, 11) is -4.01. The fraction of sp³-hybridized carbons (Fsp3) is 0.500. The van der Waals surface area contributed by atoms with Gasteiger partial charge in [0, 0.05) is 47.1 Å². The van der Waals surface area contributed by atoms with Crippen LogP contribution in [0.2, 0.25) is 0 Å². The van der Waals surface area contributed by atoms with Crippen molar-refractivity contribution in [3.8, 4) is 0 Å². The Kier molecular flexibility index (Phi) is 5.46. The topological polar surface area (TPSA) is 106 Å². The summed E-state index contributed by atoms with van der Waals surface area (Å²) in [5, 5.41) is 8.89. The highest BCUT2D eigenvalue weighted by Crippen LogP contribution is 2.44. The van der Waals surface area contributed by atoms with Crippen LogP contribution in [0.25, 0.3) is 10.8 Å². The van der Waals surface area contributed by atoms with Crippen LogP contribution in [-0.2, 0) is 21.2 Å². The van der Waals surface area contributed by atoms with Gasteiger partial charge in [0.15, 0.2) is 0 Å². The number of rotatable bonds is 8. The molecule has 3 aliphatic carbocycles. The van der Waals surface area contributed by atoms with Crippen LogP contribution in [-0.4, -0.2) is 41.3 Å². The molecular weight excluding hydrogens is 481 g/mol. The molecular formula is C26H30FN5O3S. The summed E-state index contributed by atoms with van der Waals surface area (Å²) in [5.74, 6) is 1.02. The zero-order valence-corrected chi connectivity index (χ0v) is 21.2. The van der Waals surface area contributed by atoms with Crippen LogP contribution in [0.1, 0.15) is 74.7 Å². The van der Waals surface area contributed by atoms with E-state index < -0.39 is 15.7 Å². The van der Waals surface area contributed by atoms with E-state index in [4.69, 9.17) is 0 Å². The summed E-state index contributed by atoms with van der Waals surface area (Å²) in [6.07, 6.45) is 8.80. The van der Waals surface area contributed by atoms with Crippen LogP contribution < -0.4 is 10.0 Å². The molecule has 36 heavy (non-hydrogen) atoms. The normalized spacial score (nSPS) is 20.0. The first-order valence-electron chi connectivity index (χ1n) is 12.6. The molecule has 0 saturated heterocycles. The molecule has 6 rings (SSSR count). The molecule has 1 aromatic carbocycles. The first-order chi connectivity index (χ1) is 17.1. The Bertz CT molecular complexity index is 1470. The lowest BCUT2D eigenvalue weighted by Crippen LogP contribution is -2.35. The van der Waals surface area contributed by atoms with Crippen molar-refractivity contribution >= 4 is 32.5 Å². The number of nitrogens with zero attached hydrogens (tertiary/aromatic N) is 3. The largest absolute Gasteiger partial charge is 0.311 e. The van der Waals surface area contributed by atoms with Crippen molar-refractivity contribution in [3.63, 3.8) is 0 Å². The number of halogens is 1. The van der Waals surface area contributed by atoms with E-state index in [0.717, 1.165) is 60.7 Å². The van der Waals surface area contributed by atoms with Gasteiger partial charge in [0.1, 0.15) is 11.5 Å². The van der Waals surface area contributed by atoms with Gasteiger partial charge in [-0.05, 0) is 75.6 Å². The minimum atomic E-state index is -4.01. The number of amides is 1. The molecule has 3 aliphatic rings. The van der Waals surface area contributed by atoms with Crippen molar-refractivity contribution in [1.29, 1.82) is 0 Å². The Morgan fingerprint density at radius 3 is 2.64 bits per heavy atom. The van der Waals surface area contributed by atoms with E-state index in [9.17, 15) is 17.6 Å². The van der Waals surface area contributed by atoms with Gasteiger partial charge in [-0.1, -0.05) is 0 Å². The fourth-order valence-electron chi connectivity index (χ4n) is 5.05. The number of benzene rings is 1. The maximum Gasteiger partial charge on any atom is 0.241 e. The smallest absolute Gasteiger partial charge is 0.241 e. The first-order valence-corrected chi connectivity index (χ1v) is 14.1. The van der Waals surface area contributed by atoms with Crippen molar-refractivity contribution in [2.75, 3.05) is 11.9 Å². The minimum absolute atomic E-state index is 0.00779. The maximum atomic E-state index is 14.2. The SMILES string of the molecule is CC(C)(F)CNS(=O)(=O)c1cc2c(c3cnc(C4CC4)cc13)CCC2n1nccc1NC(=O)C1CC1. The molecule has 2 fully saturated rings. The molecule has 190 valence electrons. The average molecular weight is 512 g/mol. The third-order valence-corrected chi connectivity index (χ3v) is 8.75. The number of nitrogens with one attached hydrogen (secondary N) is 2. The van der Waals surface area contributed by atoms with Crippen molar-refractivity contribution in [2.45, 2.75) is 74.9 Å². The van der Waals surface area contributed by atoms with E-state index >= 15 is 0 Å². The molecule has 2 aromatic heterocycles. The summed E-state index contributed by atoms with van der Waals surface area (Å²) < 4.78 is 45.5. The van der Waals surface area contributed by atoms with Crippen LogP contribution in [0, 0.1) is 5.92 Å². The quantitative estimate of drug-likeness (QED) is 0.471. The molecule has 0 spiro atoms. The molecule has 2 heterocycles. The van der Waals surface area contributed by atoms with E-state index in [-0.39, 0.29) is 29.3 Å². The molecule has 0 bridgehead atoms. The Labute approximate surface area is 209 Å². The van der Waals surface area contributed by atoms with Gasteiger partial charge in [-0.25, -0.2) is 22.2 Å². The average Bonchev–Trinajstić information content (AvgIpc) is 3.76. The number of carbonyl (C=O) groups is 1. The molecule has 0 aliphatic heterocycles. The van der Waals surface area contributed by atoms with E-state index in [2.05, 4.69) is 20.1 Å². The summed E-state index contributed by atoms with van der Waals surface area (Å²) in [6, 6.07) is 5.15. The van der Waals surface area contributed by atoms with Crippen LogP contribution in [0.15, 0.2) is 35.5 Å². The number of aromatic nitrogens is 3. The van der Waals surface area contributed by atoms with Crippen LogP contribution in [0.4, 0.5) is 10.2 Å². The number of hydrogen-bond acceptors (Lipinski definition) is 5. The number of aryl methyl sites for hydroxylation is 1. The number of carbonyl (C=O) groups excluding carboxylic acids is 1. The number of hydrogen-bond donors (Lipinski definition) is 2. The summed E-state index contributed by atoms with van der Waals surface area (Å²) in [6.45, 7) is 2.36. The molecule has 0 radical (unpaired) electrons. The highest BCUT2D eigenvalue weighted by Gasteiger charge is 2.35. The Balaban J connectivity index is 1.45. The van der Waals surface area contributed by atoms with Gasteiger partial charge in [-0.3, -0.25) is 9.78 Å². The zero-order chi connectivity index (χ0) is 25.2. The number of alkyl halides is 1. The molecule has 3 aromatic rings. The van der Waals surface area contributed by atoms with Gasteiger partial charge in [-0.15, -0.1) is 0 Å². The summed E-state index contributed by atoms with van der Waals surface area (Å²) in [4.78, 5) is 17.2. The third-order valence-electron chi connectivity index (χ3n) is 7.31. The van der Waals surface area contributed by atoms with Gasteiger partial charge >= 0.3 is 0 Å². The molecule has 1 amide bonds. The van der Waals surface area contributed by atoms with Gasteiger partial charge in [0.25, 0.3) is 0 Å². The predicted octanol–water partition coefficient (Wildman–Crippen LogP) is 4.22. The summed E-state index contributed by atoms with van der Waals surface area (Å²) >= 11 is 0. The van der Waals surface area contributed by atoms with E-state index in [1.54, 1.807) is 29.2 Å². The second-order valence-electron chi connectivity index (χ2n) is 10.9. The lowest BCUT2D eigenvalue weighted by molar-refractivity contribution is -0.117. The highest BCUT2D eigenvalue weighted by molar-refractivity contribution is 7.89. The van der Waals surface area contributed by atoms with E-state index in [1.165, 1.54) is 13.8 Å². The first kappa shape index (κ1) is 23.5. The number of pyridine rings is 1. The highest BCUT2D eigenvalue weighted by atomic mass is 32.2. The van der Waals surface area contributed by atoms with E-state index in [0.29, 0.717) is 17.1 Å². The van der Waals surface area contributed by atoms with Gasteiger partial charge in [0.2, 0.25) is 15.9 Å². The minimum Gasteiger partial charge on any atom is -0.311 e. The van der Waals surface area contributed by atoms with Crippen LogP contribution in [0.3, 0.4) is 0 Å². The van der Waals surface area contributed by atoms with Crippen molar-refractivity contribution < 1.29 is 17.6 Å². The number of fused-ring (bicyclic) bond motifs is 3. The van der Waals surface area contributed by atoms with Crippen LogP contribution in [0.5, 0.6) is 0 Å². The number of sulfonamides is 1. The molecule has 1 atom stereocenters. The van der Waals surface area contributed by atoms with Gasteiger partial charge < -0.3 is 5.32 Å². The molecule has 10 heteroatoms. The van der Waals surface area contributed by atoms with Gasteiger partial charge in [0.05, 0.1) is 17.1 Å².